The molecule has 16 heavy (non-hydrogen) atoms. The second-order valence-corrected chi connectivity index (χ2v) is 3.68. The van der Waals surface area contributed by atoms with Crippen molar-refractivity contribution in [3.05, 3.63) is 66.8 Å². The van der Waals surface area contributed by atoms with Gasteiger partial charge in [-0.15, -0.1) is 6.58 Å². The van der Waals surface area contributed by atoms with Crippen molar-refractivity contribution in [3.63, 3.8) is 0 Å². The number of aromatic amines is 1. The summed E-state index contributed by atoms with van der Waals surface area (Å²) in [6.45, 7) is 3.69. The Kier molecular flexibility index (Phi) is 2.88. The summed E-state index contributed by atoms with van der Waals surface area (Å²) >= 11 is 0. The van der Waals surface area contributed by atoms with E-state index in [4.69, 9.17) is 0 Å². The minimum Gasteiger partial charge on any atom is -0.378 e. The van der Waals surface area contributed by atoms with Crippen molar-refractivity contribution in [2.45, 2.75) is 12.0 Å². The zero-order valence-electron chi connectivity index (χ0n) is 8.93. The third kappa shape index (κ3) is 1.77. The molecule has 1 heterocycles. The van der Waals surface area contributed by atoms with E-state index in [9.17, 15) is 5.11 Å². The first-order chi connectivity index (χ1) is 7.77. The largest absolute Gasteiger partial charge is 0.378 e. The minimum atomic E-state index is -1.07. The number of H-pyrrole nitrogens is 1. The summed E-state index contributed by atoms with van der Waals surface area (Å²) in [5, 5.41) is 10.7. The summed E-state index contributed by atoms with van der Waals surface area (Å²) in [6, 6.07) is 9.51. The summed E-state index contributed by atoms with van der Waals surface area (Å²) in [5.74, 6) is 0. The fraction of sp³-hybridized carbons (Fsp3) is 0.154. The quantitative estimate of drug-likeness (QED) is 0.767. The topological polar surface area (TPSA) is 48.9 Å². The third-order valence-corrected chi connectivity index (χ3v) is 2.63. The highest BCUT2D eigenvalue weighted by atomic mass is 16.3. The summed E-state index contributed by atoms with van der Waals surface area (Å²) in [6.07, 6.45) is 5.34. The van der Waals surface area contributed by atoms with E-state index in [0.29, 0.717) is 12.1 Å². The van der Waals surface area contributed by atoms with Crippen molar-refractivity contribution in [2.75, 3.05) is 0 Å². The molecule has 0 saturated carbocycles. The van der Waals surface area contributed by atoms with E-state index < -0.39 is 5.60 Å². The van der Waals surface area contributed by atoms with Crippen molar-refractivity contribution in [1.82, 2.24) is 9.97 Å². The van der Waals surface area contributed by atoms with E-state index in [2.05, 4.69) is 16.5 Å². The minimum absolute atomic E-state index is 0.444. The second kappa shape index (κ2) is 4.33. The lowest BCUT2D eigenvalue weighted by molar-refractivity contribution is 0.0800. The summed E-state index contributed by atoms with van der Waals surface area (Å²) in [4.78, 5) is 6.90. The zero-order chi connectivity index (χ0) is 11.4. The van der Waals surface area contributed by atoms with E-state index >= 15 is 0 Å². The van der Waals surface area contributed by atoms with Crippen molar-refractivity contribution >= 4 is 0 Å². The Morgan fingerprint density at radius 2 is 2.12 bits per heavy atom. The molecule has 3 heteroatoms. The van der Waals surface area contributed by atoms with Gasteiger partial charge in [-0.3, -0.25) is 0 Å². The van der Waals surface area contributed by atoms with Crippen LogP contribution in [0.1, 0.15) is 17.7 Å². The van der Waals surface area contributed by atoms with Crippen LogP contribution in [0.3, 0.4) is 0 Å². The lowest BCUT2D eigenvalue weighted by Gasteiger charge is -2.26. The highest BCUT2D eigenvalue weighted by Gasteiger charge is 2.31. The molecule has 1 aromatic heterocycles. The maximum absolute atomic E-state index is 10.7. The van der Waals surface area contributed by atoms with Gasteiger partial charge in [0.1, 0.15) is 5.60 Å². The van der Waals surface area contributed by atoms with Gasteiger partial charge in [-0.05, 0) is 5.56 Å². The third-order valence-electron chi connectivity index (χ3n) is 2.63. The molecular weight excluding hydrogens is 200 g/mol. The lowest BCUT2D eigenvalue weighted by atomic mass is 9.88. The van der Waals surface area contributed by atoms with Gasteiger partial charge in [-0.2, -0.15) is 0 Å². The van der Waals surface area contributed by atoms with Gasteiger partial charge < -0.3 is 10.1 Å². The number of rotatable bonds is 4. The molecule has 2 N–H and O–H groups in total. The monoisotopic (exact) mass is 214 g/mol. The Hall–Kier alpha value is -1.87. The molecule has 1 atom stereocenters. The molecule has 0 bridgehead atoms. The molecule has 0 amide bonds. The van der Waals surface area contributed by atoms with E-state index in [-0.39, 0.29) is 0 Å². The number of aromatic nitrogens is 2. The number of imidazole rings is 1. The molecule has 0 spiro atoms. The first-order valence-electron chi connectivity index (χ1n) is 5.15. The van der Waals surface area contributed by atoms with Crippen LogP contribution in [-0.4, -0.2) is 15.1 Å². The standard InChI is InChI=1S/C13H14N2O/c1-2-8-13(16,12-9-14-10-15-12)11-6-4-3-5-7-11/h2-7,9-10,16H,1,8H2,(H,14,15). The highest BCUT2D eigenvalue weighted by Crippen LogP contribution is 2.31. The van der Waals surface area contributed by atoms with Crippen LogP contribution in [0.5, 0.6) is 0 Å². The lowest BCUT2D eigenvalue weighted by Crippen LogP contribution is -2.26. The predicted octanol–water partition coefficient (Wildman–Crippen LogP) is 2.22. The maximum atomic E-state index is 10.7. The Balaban J connectivity index is 2.48. The van der Waals surface area contributed by atoms with Crippen LogP contribution in [0, 0.1) is 0 Å². The Labute approximate surface area is 94.5 Å². The first kappa shape index (κ1) is 10.6. The maximum Gasteiger partial charge on any atom is 0.134 e. The molecule has 1 unspecified atom stereocenters. The number of nitrogens with zero attached hydrogens (tertiary/aromatic N) is 1. The van der Waals surface area contributed by atoms with Gasteiger partial charge in [0.25, 0.3) is 0 Å². The van der Waals surface area contributed by atoms with Crippen LogP contribution >= 0.6 is 0 Å². The van der Waals surface area contributed by atoms with Gasteiger partial charge in [0.2, 0.25) is 0 Å². The van der Waals surface area contributed by atoms with Crippen LogP contribution in [0.15, 0.2) is 55.5 Å². The molecule has 2 aromatic rings. The van der Waals surface area contributed by atoms with Gasteiger partial charge in [0.05, 0.1) is 18.2 Å². The molecule has 0 aliphatic heterocycles. The number of hydrogen-bond donors (Lipinski definition) is 2. The molecule has 0 aliphatic rings. The van der Waals surface area contributed by atoms with Gasteiger partial charge >= 0.3 is 0 Å². The Bertz CT molecular complexity index is 450. The van der Waals surface area contributed by atoms with Gasteiger partial charge in [-0.25, -0.2) is 4.98 Å². The summed E-state index contributed by atoms with van der Waals surface area (Å²) < 4.78 is 0. The smallest absolute Gasteiger partial charge is 0.134 e. The molecular formula is C13H14N2O. The van der Waals surface area contributed by atoms with Crippen LogP contribution < -0.4 is 0 Å². The molecule has 82 valence electrons. The van der Waals surface area contributed by atoms with Crippen LogP contribution in [-0.2, 0) is 5.60 Å². The highest BCUT2D eigenvalue weighted by molar-refractivity contribution is 5.31. The molecule has 0 aliphatic carbocycles. The van der Waals surface area contributed by atoms with Crippen molar-refractivity contribution < 1.29 is 5.11 Å². The summed E-state index contributed by atoms with van der Waals surface area (Å²) in [5.41, 5.74) is 0.442. The normalized spacial score (nSPS) is 14.3. The predicted molar refractivity (Wildman–Crippen MR) is 62.8 cm³/mol. The van der Waals surface area contributed by atoms with E-state index in [0.717, 1.165) is 5.56 Å². The average Bonchev–Trinajstić information content (AvgIpc) is 2.84. The molecule has 0 radical (unpaired) electrons. The Morgan fingerprint density at radius 1 is 1.38 bits per heavy atom. The van der Waals surface area contributed by atoms with Crippen molar-refractivity contribution in [3.8, 4) is 0 Å². The fourth-order valence-corrected chi connectivity index (χ4v) is 1.79. The number of benzene rings is 1. The van der Waals surface area contributed by atoms with Crippen molar-refractivity contribution in [1.29, 1.82) is 0 Å². The molecule has 2 rings (SSSR count). The van der Waals surface area contributed by atoms with E-state index in [1.165, 1.54) is 0 Å². The SMILES string of the molecule is C=CCC(O)(c1ccccc1)c1cnc[nH]1. The van der Waals surface area contributed by atoms with Crippen LogP contribution in [0.25, 0.3) is 0 Å². The van der Waals surface area contributed by atoms with Gasteiger partial charge in [0.15, 0.2) is 0 Å². The second-order valence-electron chi connectivity index (χ2n) is 3.68. The van der Waals surface area contributed by atoms with Crippen molar-refractivity contribution in [2.24, 2.45) is 0 Å². The number of nitrogens with one attached hydrogen (secondary N) is 1. The molecule has 0 fully saturated rings. The van der Waals surface area contributed by atoms with Gasteiger partial charge in [-0.1, -0.05) is 36.4 Å². The summed E-state index contributed by atoms with van der Waals surface area (Å²) in [7, 11) is 0. The zero-order valence-corrected chi connectivity index (χ0v) is 8.93. The van der Waals surface area contributed by atoms with Crippen LogP contribution in [0.2, 0.25) is 0 Å². The number of aliphatic hydroxyl groups is 1. The Morgan fingerprint density at radius 3 is 2.69 bits per heavy atom. The van der Waals surface area contributed by atoms with E-state index in [1.54, 1.807) is 18.6 Å². The molecule has 1 aromatic carbocycles. The van der Waals surface area contributed by atoms with E-state index in [1.807, 2.05) is 30.3 Å². The van der Waals surface area contributed by atoms with Gasteiger partial charge in [0, 0.05) is 6.42 Å². The fourth-order valence-electron chi connectivity index (χ4n) is 1.79. The first-order valence-corrected chi connectivity index (χ1v) is 5.15. The molecule has 3 nitrogen and oxygen atoms in total. The number of hydrogen-bond acceptors (Lipinski definition) is 2. The van der Waals surface area contributed by atoms with Crippen LogP contribution in [0.4, 0.5) is 0 Å². The molecule has 0 saturated heterocycles. The average molecular weight is 214 g/mol.